The highest BCUT2D eigenvalue weighted by Crippen LogP contribution is 2.34. The molecule has 0 aromatic heterocycles. The Morgan fingerprint density at radius 2 is 1.71 bits per heavy atom. The summed E-state index contributed by atoms with van der Waals surface area (Å²) in [6.07, 6.45) is 0.664. The summed E-state index contributed by atoms with van der Waals surface area (Å²) in [5.41, 5.74) is 3.45. The van der Waals surface area contributed by atoms with Gasteiger partial charge >= 0.3 is 0 Å². The first-order valence-electron chi connectivity index (χ1n) is 12.2. The van der Waals surface area contributed by atoms with Gasteiger partial charge in [-0.3, -0.25) is 14.5 Å². The molecule has 1 heterocycles. The minimum atomic E-state index is -0.575. The molecule has 38 heavy (non-hydrogen) atoms. The van der Waals surface area contributed by atoms with Gasteiger partial charge in [0.2, 0.25) is 11.8 Å². The van der Waals surface area contributed by atoms with Gasteiger partial charge in [0.1, 0.15) is 11.0 Å². The fraction of sp³-hybridized carbons (Fsp3) is 0.276. The molecule has 4 rings (SSSR count). The first-order valence-corrected chi connectivity index (χ1v) is 13.1. The third-order valence-corrected chi connectivity index (χ3v) is 7.35. The van der Waals surface area contributed by atoms with Crippen molar-refractivity contribution in [3.05, 3.63) is 77.9 Å². The lowest BCUT2D eigenvalue weighted by Crippen LogP contribution is -2.35. The fourth-order valence-electron chi connectivity index (χ4n) is 4.05. The summed E-state index contributed by atoms with van der Waals surface area (Å²) in [6, 6.07) is 20.7. The van der Waals surface area contributed by atoms with Crippen molar-refractivity contribution in [2.75, 3.05) is 33.2 Å². The molecule has 1 unspecified atom stereocenters. The Morgan fingerprint density at radius 3 is 2.39 bits per heavy atom. The standard InChI is InChI=1S/C29H31N3O5S/c1-19-7-5-6-8-23(19)31-29-32(16-15-20-9-12-22(35-2)13-10-20)28(34)26(38-29)18-27(33)30-21-11-14-24(36-3)25(17-21)37-4/h5-14,17,26H,15-16,18H2,1-4H3,(H,30,33). The molecular formula is C29H31N3O5S. The molecule has 1 aliphatic rings. The van der Waals surface area contributed by atoms with Crippen LogP contribution < -0.4 is 19.5 Å². The molecule has 1 saturated heterocycles. The highest BCUT2D eigenvalue weighted by molar-refractivity contribution is 8.15. The van der Waals surface area contributed by atoms with Gasteiger partial charge in [-0.2, -0.15) is 0 Å². The summed E-state index contributed by atoms with van der Waals surface area (Å²) >= 11 is 1.33. The van der Waals surface area contributed by atoms with Crippen molar-refractivity contribution in [2.45, 2.75) is 25.0 Å². The number of nitrogens with zero attached hydrogens (tertiary/aromatic N) is 2. The number of methoxy groups -OCH3 is 3. The predicted molar refractivity (Wildman–Crippen MR) is 151 cm³/mol. The second-order valence-electron chi connectivity index (χ2n) is 8.70. The monoisotopic (exact) mass is 533 g/mol. The van der Waals surface area contributed by atoms with E-state index in [0.29, 0.717) is 35.3 Å². The predicted octanol–water partition coefficient (Wildman–Crippen LogP) is 5.22. The van der Waals surface area contributed by atoms with Gasteiger partial charge in [-0.05, 0) is 54.8 Å². The Morgan fingerprint density at radius 1 is 0.974 bits per heavy atom. The molecule has 0 bridgehead atoms. The van der Waals surface area contributed by atoms with Crippen molar-refractivity contribution in [1.29, 1.82) is 0 Å². The van der Waals surface area contributed by atoms with Crippen molar-refractivity contribution in [3.63, 3.8) is 0 Å². The molecule has 3 aromatic carbocycles. The van der Waals surface area contributed by atoms with Gasteiger partial charge in [0.05, 0.1) is 27.0 Å². The first-order chi connectivity index (χ1) is 18.4. The number of amidine groups is 1. The smallest absolute Gasteiger partial charge is 0.242 e. The lowest BCUT2D eigenvalue weighted by Gasteiger charge is -2.17. The van der Waals surface area contributed by atoms with Crippen LogP contribution in [0.4, 0.5) is 11.4 Å². The van der Waals surface area contributed by atoms with Gasteiger partial charge < -0.3 is 19.5 Å². The number of hydrogen-bond acceptors (Lipinski definition) is 7. The Bertz CT molecular complexity index is 1330. The molecule has 8 nitrogen and oxygen atoms in total. The molecule has 198 valence electrons. The normalized spacial score (nSPS) is 16.0. The molecule has 0 aliphatic carbocycles. The summed E-state index contributed by atoms with van der Waals surface area (Å²) in [5, 5.41) is 2.89. The maximum atomic E-state index is 13.5. The molecule has 1 fully saturated rings. The van der Waals surface area contributed by atoms with Gasteiger partial charge in [0, 0.05) is 24.7 Å². The van der Waals surface area contributed by atoms with Crippen LogP contribution >= 0.6 is 11.8 Å². The van der Waals surface area contributed by atoms with Crippen LogP contribution in [0.15, 0.2) is 71.7 Å². The second-order valence-corrected chi connectivity index (χ2v) is 9.87. The van der Waals surface area contributed by atoms with E-state index in [1.807, 2.05) is 55.5 Å². The Labute approximate surface area is 227 Å². The van der Waals surface area contributed by atoms with E-state index in [1.165, 1.54) is 18.9 Å². The highest BCUT2D eigenvalue weighted by Gasteiger charge is 2.39. The summed E-state index contributed by atoms with van der Waals surface area (Å²) < 4.78 is 15.8. The minimum Gasteiger partial charge on any atom is -0.497 e. The molecule has 0 radical (unpaired) electrons. The van der Waals surface area contributed by atoms with Crippen LogP contribution in [0.1, 0.15) is 17.5 Å². The van der Waals surface area contributed by atoms with Crippen molar-refractivity contribution in [3.8, 4) is 17.2 Å². The molecule has 2 amide bonds. The van der Waals surface area contributed by atoms with E-state index < -0.39 is 5.25 Å². The summed E-state index contributed by atoms with van der Waals surface area (Å²) in [6.45, 7) is 2.44. The van der Waals surface area contributed by atoms with Crippen molar-refractivity contribution in [1.82, 2.24) is 4.90 Å². The number of hydrogen-bond donors (Lipinski definition) is 1. The lowest BCUT2D eigenvalue weighted by atomic mass is 10.1. The highest BCUT2D eigenvalue weighted by atomic mass is 32.2. The van der Waals surface area contributed by atoms with Crippen LogP contribution in [0, 0.1) is 6.92 Å². The number of para-hydroxylation sites is 1. The zero-order chi connectivity index (χ0) is 27.1. The zero-order valence-corrected chi connectivity index (χ0v) is 22.7. The maximum Gasteiger partial charge on any atom is 0.242 e. The van der Waals surface area contributed by atoms with Gasteiger partial charge in [0.25, 0.3) is 0 Å². The molecule has 1 atom stereocenters. The number of anilines is 1. The zero-order valence-electron chi connectivity index (χ0n) is 21.9. The Kier molecular flexibility index (Phi) is 8.91. The molecule has 9 heteroatoms. The molecule has 3 aromatic rings. The van der Waals surface area contributed by atoms with Gasteiger partial charge in [-0.25, -0.2) is 4.99 Å². The van der Waals surface area contributed by atoms with E-state index in [0.717, 1.165) is 22.6 Å². The molecule has 0 spiro atoms. The van der Waals surface area contributed by atoms with Crippen LogP contribution in [0.3, 0.4) is 0 Å². The topological polar surface area (TPSA) is 89.5 Å². The number of amides is 2. The van der Waals surface area contributed by atoms with E-state index in [4.69, 9.17) is 19.2 Å². The van der Waals surface area contributed by atoms with Crippen LogP contribution in [-0.4, -0.2) is 55.0 Å². The van der Waals surface area contributed by atoms with Gasteiger partial charge in [0.15, 0.2) is 16.7 Å². The summed E-state index contributed by atoms with van der Waals surface area (Å²) in [7, 11) is 4.72. The van der Waals surface area contributed by atoms with Crippen LogP contribution in [-0.2, 0) is 16.0 Å². The molecular weight excluding hydrogens is 502 g/mol. The van der Waals surface area contributed by atoms with E-state index in [9.17, 15) is 9.59 Å². The van der Waals surface area contributed by atoms with E-state index in [1.54, 1.807) is 37.3 Å². The SMILES string of the molecule is COc1ccc(CCN2C(=O)C(CC(=O)Nc3ccc(OC)c(OC)c3)SC2=Nc2ccccc2C)cc1. The second kappa shape index (κ2) is 12.5. The Balaban J connectivity index is 1.50. The average molecular weight is 534 g/mol. The number of thioether (sulfide) groups is 1. The Hall–Kier alpha value is -3.98. The maximum absolute atomic E-state index is 13.5. The number of nitrogens with one attached hydrogen (secondary N) is 1. The first kappa shape index (κ1) is 27.1. The minimum absolute atomic E-state index is 0.0175. The number of carbonyl (C=O) groups excluding carboxylic acids is 2. The number of carbonyl (C=O) groups is 2. The van der Waals surface area contributed by atoms with E-state index >= 15 is 0 Å². The molecule has 1 N–H and O–H groups in total. The van der Waals surface area contributed by atoms with E-state index in [2.05, 4.69) is 5.32 Å². The summed E-state index contributed by atoms with van der Waals surface area (Å²) in [5.74, 6) is 1.46. The van der Waals surface area contributed by atoms with Crippen LogP contribution in [0.25, 0.3) is 0 Å². The molecule has 1 aliphatic heterocycles. The van der Waals surface area contributed by atoms with Crippen molar-refractivity contribution >= 4 is 40.1 Å². The number of aliphatic imine (C=N–C) groups is 1. The number of aryl methyl sites for hydroxylation is 1. The third kappa shape index (κ3) is 6.47. The number of benzene rings is 3. The fourth-order valence-corrected chi connectivity index (χ4v) is 5.23. The lowest BCUT2D eigenvalue weighted by molar-refractivity contribution is -0.128. The van der Waals surface area contributed by atoms with Gasteiger partial charge in [-0.15, -0.1) is 0 Å². The van der Waals surface area contributed by atoms with Crippen molar-refractivity contribution < 1.29 is 23.8 Å². The quantitative estimate of drug-likeness (QED) is 0.384. The van der Waals surface area contributed by atoms with Crippen LogP contribution in [0.5, 0.6) is 17.2 Å². The molecule has 0 saturated carbocycles. The summed E-state index contributed by atoms with van der Waals surface area (Å²) in [4.78, 5) is 32.9. The number of ether oxygens (including phenoxy) is 3. The number of rotatable bonds is 10. The van der Waals surface area contributed by atoms with Crippen molar-refractivity contribution in [2.24, 2.45) is 4.99 Å². The van der Waals surface area contributed by atoms with Crippen LogP contribution in [0.2, 0.25) is 0 Å². The van der Waals surface area contributed by atoms with Gasteiger partial charge in [-0.1, -0.05) is 42.1 Å². The van der Waals surface area contributed by atoms with E-state index in [-0.39, 0.29) is 18.2 Å². The largest absolute Gasteiger partial charge is 0.497 e. The third-order valence-electron chi connectivity index (χ3n) is 6.17. The average Bonchev–Trinajstić information content (AvgIpc) is 3.21.